The first kappa shape index (κ1) is 22.9. The molecule has 178 valence electrons. The fourth-order valence-corrected chi connectivity index (χ4v) is 7.36. The Morgan fingerprint density at radius 1 is 1.03 bits per heavy atom. The molecule has 32 heavy (non-hydrogen) atoms. The van der Waals surface area contributed by atoms with Gasteiger partial charge in [-0.1, -0.05) is 17.7 Å². The van der Waals surface area contributed by atoms with Gasteiger partial charge in [0.15, 0.2) is 0 Å². The number of ether oxygens (including phenoxy) is 2. The minimum absolute atomic E-state index is 0.151. The molecule has 0 amide bonds. The van der Waals surface area contributed by atoms with Gasteiger partial charge >= 0.3 is 0 Å². The van der Waals surface area contributed by atoms with Crippen molar-refractivity contribution in [1.82, 2.24) is 4.90 Å². The first-order chi connectivity index (χ1) is 15.5. The fraction of sp³-hybridized carbons (Fsp3) is 0.769. The van der Waals surface area contributed by atoms with Gasteiger partial charge in [-0.25, -0.2) is 0 Å². The zero-order chi connectivity index (χ0) is 22.1. The third-order valence-electron chi connectivity index (χ3n) is 8.28. The summed E-state index contributed by atoms with van der Waals surface area (Å²) in [5.74, 6) is 2.73. The summed E-state index contributed by atoms with van der Waals surface area (Å²) in [7, 11) is 0. The predicted molar refractivity (Wildman–Crippen MR) is 129 cm³/mol. The lowest BCUT2D eigenvalue weighted by Gasteiger charge is -2.56. The Balaban J connectivity index is 0.977. The Kier molecular flexibility index (Phi) is 7.01. The van der Waals surface area contributed by atoms with Crippen molar-refractivity contribution in [2.75, 3.05) is 57.4 Å². The summed E-state index contributed by atoms with van der Waals surface area (Å²) in [5, 5.41) is 11.2. The molecule has 1 saturated heterocycles. The molecule has 4 aliphatic carbocycles. The van der Waals surface area contributed by atoms with Gasteiger partial charge in [0.1, 0.15) is 0 Å². The van der Waals surface area contributed by atoms with Crippen molar-refractivity contribution in [2.45, 2.75) is 57.2 Å². The number of anilines is 1. The number of benzene rings is 1. The van der Waals surface area contributed by atoms with E-state index in [1.54, 1.807) is 0 Å². The third-order valence-corrected chi connectivity index (χ3v) is 8.52. The van der Waals surface area contributed by atoms with Gasteiger partial charge < -0.3 is 19.5 Å². The number of piperazine rings is 1. The Bertz CT molecular complexity index is 745. The maximum absolute atomic E-state index is 10.5. The number of hydrogen-bond donors (Lipinski definition) is 1. The largest absolute Gasteiger partial charge is 0.389 e. The third kappa shape index (κ3) is 5.28. The number of aliphatic hydroxyl groups is 1. The lowest BCUT2D eigenvalue weighted by atomic mass is 9.54. The van der Waals surface area contributed by atoms with Crippen LogP contribution >= 0.6 is 11.6 Å². The van der Waals surface area contributed by atoms with Crippen LogP contribution in [0.1, 0.15) is 44.1 Å². The smallest absolute Gasteiger partial charge is 0.0900 e. The van der Waals surface area contributed by atoms with Crippen LogP contribution in [0.25, 0.3) is 0 Å². The molecule has 5 fully saturated rings. The van der Waals surface area contributed by atoms with Crippen molar-refractivity contribution in [1.29, 1.82) is 0 Å². The highest BCUT2D eigenvalue weighted by Gasteiger charge is 2.51. The van der Waals surface area contributed by atoms with Crippen LogP contribution in [0.4, 0.5) is 5.69 Å². The topological polar surface area (TPSA) is 45.2 Å². The molecule has 6 rings (SSSR count). The van der Waals surface area contributed by atoms with Crippen molar-refractivity contribution >= 4 is 17.3 Å². The quantitative estimate of drug-likeness (QED) is 0.559. The van der Waals surface area contributed by atoms with Crippen LogP contribution in [0, 0.1) is 24.7 Å². The van der Waals surface area contributed by atoms with E-state index in [4.69, 9.17) is 21.1 Å². The average molecular weight is 463 g/mol. The van der Waals surface area contributed by atoms with Crippen LogP contribution in [0.2, 0.25) is 5.02 Å². The molecular formula is C26H39ClN2O3. The van der Waals surface area contributed by atoms with E-state index in [-0.39, 0.29) is 5.60 Å². The summed E-state index contributed by atoms with van der Waals surface area (Å²) < 4.78 is 12.2. The van der Waals surface area contributed by atoms with Gasteiger partial charge in [-0.15, -0.1) is 0 Å². The van der Waals surface area contributed by atoms with Crippen molar-refractivity contribution < 1.29 is 14.6 Å². The normalized spacial score (nSPS) is 33.1. The van der Waals surface area contributed by atoms with Crippen molar-refractivity contribution in [3.63, 3.8) is 0 Å². The van der Waals surface area contributed by atoms with E-state index in [1.807, 2.05) is 6.07 Å². The molecule has 0 radical (unpaired) electrons. The zero-order valence-corrected chi connectivity index (χ0v) is 20.2. The highest BCUT2D eigenvalue weighted by molar-refractivity contribution is 6.30. The maximum Gasteiger partial charge on any atom is 0.0900 e. The molecule has 1 N–H and O–H groups in total. The number of nitrogens with zero attached hydrogens (tertiary/aromatic N) is 2. The molecule has 1 unspecified atom stereocenters. The van der Waals surface area contributed by atoms with Crippen molar-refractivity contribution in [2.24, 2.45) is 17.8 Å². The Morgan fingerprint density at radius 3 is 2.34 bits per heavy atom. The van der Waals surface area contributed by atoms with E-state index in [0.717, 1.165) is 49.0 Å². The molecule has 1 aromatic carbocycles. The summed E-state index contributed by atoms with van der Waals surface area (Å²) in [6.45, 7) is 8.22. The molecule has 0 spiro atoms. The summed E-state index contributed by atoms with van der Waals surface area (Å²) in [6, 6.07) is 6.08. The van der Waals surface area contributed by atoms with E-state index in [2.05, 4.69) is 28.9 Å². The molecule has 5 aliphatic rings. The number of hydrogen-bond acceptors (Lipinski definition) is 5. The Labute approximate surface area is 198 Å². The summed E-state index contributed by atoms with van der Waals surface area (Å²) in [5.41, 5.74) is 2.63. The van der Waals surface area contributed by atoms with E-state index < -0.39 is 6.10 Å². The minimum Gasteiger partial charge on any atom is -0.389 e. The van der Waals surface area contributed by atoms with Gasteiger partial charge in [-0.3, -0.25) is 4.90 Å². The van der Waals surface area contributed by atoms with Gasteiger partial charge in [0.2, 0.25) is 0 Å². The maximum atomic E-state index is 10.5. The van der Waals surface area contributed by atoms with Gasteiger partial charge in [-0.2, -0.15) is 0 Å². The second kappa shape index (κ2) is 9.79. The first-order valence-corrected chi connectivity index (χ1v) is 13.0. The van der Waals surface area contributed by atoms with Crippen LogP contribution in [-0.2, 0) is 9.47 Å². The monoisotopic (exact) mass is 462 g/mol. The van der Waals surface area contributed by atoms with Gasteiger partial charge in [0.05, 0.1) is 31.5 Å². The summed E-state index contributed by atoms with van der Waals surface area (Å²) >= 11 is 6.19. The Morgan fingerprint density at radius 2 is 1.69 bits per heavy atom. The Hall–Kier alpha value is -0.850. The van der Waals surface area contributed by atoms with Crippen LogP contribution < -0.4 is 4.90 Å². The molecule has 5 nitrogen and oxygen atoms in total. The standard InChI is InChI=1S/C26H39ClN2O3/c1-19-2-3-23(27)13-25(19)29-6-4-28(5-7-29)17-24(30)18-31-8-9-32-26-14-20-10-21(15-26)12-22(11-20)16-26/h2-3,13,20-22,24,30H,4-12,14-18H2,1H3. The number of rotatable bonds is 9. The molecule has 1 atom stereocenters. The van der Waals surface area contributed by atoms with Gasteiger partial charge in [-0.05, 0) is 80.9 Å². The highest BCUT2D eigenvalue weighted by atomic mass is 35.5. The number of aliphatic hydroxyl groups excluding tert-OH is 1. The van der Waals surface area contributed by atoms with E-state index in [9.17, 15) is 5.11 Å². The SMILES string of the molecule is Cc1ccc(Cl)cc1N1CCN(CC(O)COCCOC23CC4CC(CC(C4)C2)C3)CC1. The van der Waals surface area contributed by atoms with Gasteiger partial charge in [0.25, 0.3) is 0 Å². The highest BCUT2D eigenvalue weighted by Crippen LogP contribution is 2.57. The van der Waals surface area contributed by atoms with E-state index >= 15 is 0 Å². The van der Waals surface area contributed by atoms with Gasteiger partial charge in [0, 0.05) is 43.4 Å². The predicted octanol–water partition coefficient (Wildman–Crippen LogP) is 4.13. The van der Waals surface area contributed by atoms with Crippen LogP contribution in [0.5, 0.6) is 0 Å². The molecule has 1 heterocycles. The van der Waals surface area contributed by atoms with Crippen LogP contribution in [-0.4, -0.2) is 74.3 Å². The summed E-state index contributed by atoms with van der Waals surface area (Å²) in [4.78, 5) is 4.72. The van der Waals surface area contributed by atoms with Crippen molar-refractivity contribution in [3.8, 4) is 0 Å². The molecule has 6 heteroatoms. The average Bonchev–Trinajstić information content (AvgIpc) is 2.75. The number of halogens is 1. The molecule has 4 bridgehead atoms. The minimum atomic E-state index is -0.450. The molecule has 1 aromatic rings. The van der Waals surface area contributed by atoms with E-state index in [1.165, 1.54) is 49.8 Å². The van der Waals surface area contributed by atoms with Crippen LogP contribution in [0.3, 0.4) is 0 Å². The number of aryl methyl sites for hydroxylation is 1. The molecule has 0 aromatic heterocycles. The summed E-state index contributed by atoms with van der Waals surface area (Å²) in [6.07, 6.45) is 7.68. The lowest BCUT2D eigenvalue weighted by molar-refractivity contribution is -0.170. The fourth-order valence-electron chi connectivity index (χ4n) is 7.19. The molecular weight excluding hydrogens is 424 g/mol. The molecule has 1 aliphatic heterocycles. The molecule has 4 saturated carbocycles. The van der Waals surface area contributed by atoms with Crippen molar-refractivity contribution in [3.05, 3.63) is 28.8 Å². The van der Waals surface area contributed by atoms with E-state index in [0.29, 0.717) is 26.4 Å². The zero-order valence-electron chi connectivity index (χ0n) is 19.5. The van der Waals surface area contributed by atoms with Crippen LogP contribution in [0.15, 0.2) is 18.2 Å². The first-order valence-electron chi connectivity index (χ1n) is 12.6. The number of β-amino-alcohol motifs (C(OH)–C–C–N with tert-alkyl or cyclic N) is 1. The second-order valence-corrected chi connectivity index (χ2v) is 11.3. The lowest BCUT2D eigenvalue weighted by Crippen LogP contribution is -2.52. The second-order valence-electron chi connectivity index (χ2n) is 10.9.